The molecule has 1 saturated heterocycles. The van der Waals surface area contributed by atoms with E-state index >= 15 is 0 Å². The van der Waals surface area contributed by atoms with Crippen LogP contribution in [0.25, 0.3) is 0 Å². The molecule has 0 amide bonds. The predicted octanol–water partition coefficient (Wildman–Crippen LogP) is 0.0396. The lowest BCUT2D eigenvalue weighted by Crippen LogP contribution is -2.53. The van der Waals surface area contributed by atoms with Gasteiger partial charge in [0.05, 0.1) is 30.4 Å². The summed E-state index contributed by atoms with van der Waals surface area (Å²) in [4.78, 5) is 9.07. The lowest BCUT2D eigenvalue weighted by molar-refractivity contribution is -0.385. The molecule has 0 aromatic heterocycles. The minimum absolute atomic E-state index is 0.0000719. The summed E-state index contributed by atoms with van der Waals surface area (Å²) in [6.07, 6.45) is -0.914. The highest BCUT2D eigenvalue weighted by atomic mass is 32.2. The Morgan fingerprint density at radius 3 is 2.75 bits per heavy atom. The van der Waals surface area contributed by atoms with E-state index in [9.17, 15) is 22.9 Å². The monoisotopic (exact) mass is 305 g/mol. The van der Waals surface area contributed by atoms with E-state index in [0.717, 1.165) is 16.4 Å². The third-order valence-electron chi connectivity index (χ3n) is 2.83. The number of benzene rings is 1. The van der Waals surface area contributed by atoms with Crippen LogP contribution in [0.4, 0.5) is 10.1 Å². The van der Waals surface area contributed by atoms with Gasteiger partial charge in [0, 0.05) is 12.6 Å². The van der Waals surface area contributed by atoms with Crippen LogP contribution < -0.4 is 5.73 Å². The van der Waals surface area contributed by atoms with Crippen LogP contribution in [0.1, 0.15) is 0 Å². The third kappa shape index (κ3) is 2.63. The quantitative estimate of drug-likeness (QED) is 0.622. The summed E-state index contributed by atoms with van der Waals surface area (Å²) >= 11 is 0. The van der Waals surface area contributed by atoms with Crippen LogP contribution in [-0.4, -0.2) is 43.6 Å². The van der Waals surface area contributed by atoms with Crippen LogP contribution in [0.5, 0.6) is 0 Å². The zero-order chi connectivity index (χ0) is 14.9. The fraction of sp³-hybridized carbons (Fsp3) is 0.400. The van der Waals surface area contributed by atoms with Gasteiger partial charge in [0.2, 0.25) is 10.0 Å². The van der Waals surface area contributed by atoms with E-state index in [-0.39, 0.29) is 19.8 Å². The molecule has 10 heteroatoms. The van der Waals surface area contributed by atoms with Gasteiger partial charge < -0.3 is 10.5 Å². The Hall–Kier alpha value is -1.62. The molecule has 2 rings (SSSR count). The van der Waals surface area contributed by atoms with E-state index in [2.05, 4.69) is 0 Å². The third-order valence-corrected chi connectivity index (χ3v) is 4.79. The standard InChI is InChI=1S/C10H12FN3O5S/c11-8-5-7(14(15)16)1-2-9(8)20(17,18)13-3-4-19-6-10(13)12/h1-2,5,10H,3-4,6,12H2. The minimum atomic E-state index is -4.15. The Bertz CT molecular complexity index is 636. The molecule has 1 fully saturated rings. The Balaban J connectivity index is 2.41. The molecule has 1 unspecified atom stereocenters. The van der Waals surface area contributed by atoms with E-state index in [1.165, 1.54) is 0 Å². The van der Waals surface area contributed by atoms with Gasteiger partial charge in [-0.05, 0) is 6.07 Å². The number of morpholine rings is 1. The summed E-state index contributed by atoms with van der Waals surface area (Å²) in [5, 5.41) is 10.5. The molecule has 0 saturated carbocycles. The van der Waals surface area contributed by atoms with Crippen molar-refractivity contribution in [3.05, 3.63) is 34.1 Å². The number of nitrogens with two attached hydrogens (primary N) is 1. The average molecular weight is 305 g/mol. The van der Waals surface area contributed by atoms with Crippen molar-refractivity contribution in [3.8, 4) is 0 Å². The maximum Gasteiger partial charge on any atom is 0.272 e. The molecule has 1 aliphatic heterocycles. The van der Waals surface area contributed by atoms with Gasteiger partial charge >= 0.3 is 0 Å². The highest BCUT2D eigenvalue weighted by Gasteiger charge is 2.34. The molecule has 0 bridgehead atoms. The Morgan fingerprint density at radius 1 is 1.50 bits per heavy atom. The molecule has 0 radical (unpaired) electrons. The number of nitro benzene ring substituents is 1. The van der Waals surface area contributed by atoms with Crippen molar-refractivity contribution in [1.29, 1.82) is 0 Å². The molecule has 1 aromatic rings. The average Bonchev–Trinajstić information content (AvgIpc) is 2.38. The Kier molecular flexibility index (Phi) is 3.99. The molecule has 2 N–H and O–H groups in total. The number of ether oxygens (including phenoxy) is 1. The van der Waals surface area contributed by atoms with Crippen molar-refractivity contribution in [3.63, 3.8) is 0 Å². The van der Waals surface area contributed by atoms with Gasteiger partial charge in [-0.2, -0.15) is 4.31 Å². The smallest absolute Gasteiger partial charge is 0.272 e. The topological polar surface area (TPSA) is 116 Å². The lowest BCUT2D eigenvalue weighted by atomic mass is 10.3. The van der Waals surface area contributed by atoms with Gasteiger partial charge in [0.25, 0.3) is 5.69 Å². The first-order chi connectivity index (χ1) is 9.34. The maximum absolute atomic E-state index is 13.8. The minimum Gasteiger partial charge on any atom is -0.377 e. The molecule has 110 valence electrons. The number of hydrogen-bond donors (Lipinski definition) is 1. The van der Waals surface area contributed by atoms with Gasteiger partial charge in [-0.25, -0.2) is 12.8 Å². The number of non-ortho nitro benzene ring substituents is 1. The first-order valence-electron chi connectivity index (χ1n) is 5.63. The fourth-order valence-corrected chi connectivity index (χ4v) is 3.38. The van der Waals surface area contributed by atoms with Crippen molar-refractivity contribution in [1.82, 2.24) is 4.31 Å². The predicted molar refractivity (Wildman–Crippen MR) is 65.7 cm³/mol. The van der Waals surface area contributed by atoms with Crippen molar-refractivity contribution < 1.29 is 22.5 Å². The summed E-state index contributed by atoms with van der Waals surface area (Å²) in [5.74, 6) is -1.18. The second-order valence-electron chi connectivity index (χ2n) is 4.13. The van der Waals surface area contributed by atoms with Crippen LogP contribution in [0.3, 0.4) is 0 Å². The maximum atomic E-state index is 13.8. The van der Waals surface area contributed by atoms with Gasteiger partial charge in [-0.3, -0.25) is 10.1 Å². The number of rotatable bonds is 3. The van der Waals surface area contributed by atoms with E-state index in [1.54, 1.807) is 0 Å². The number of nitro groups is 1. The van der Waals surface area contributed by atoms with Crippen LogP contribution in [0.2, 0.25) is 0 Å². The first-order valence-corrected chi connectivity index (χ1v) is 7.07. The number of halogens is 1. The van der Waals surface area contributed by atoms with Crippen molar-refractivity contribution in [2.75, 3.05) is 19.8 Å². The molecule has 1 aromatic carbocycles. The highest BCUT2D eigenvalue weighted by molar-refractivity contribution is 7.89. The van der Waals surface area contributed by atoms with Gasteiger partial charge in [0.15, 0.2) is 0 Å². The van der Waals surface area contributed by atoms with E-state index in [1.807, 2.05) is 0 Å². The Labute approximate surface area is 114 Å². The van der Waals surface area contributed by atoms with Gasteiger partial charge in [-0.15, -0.1) is 0 Å². The van der Waals surface area contributed by atoms with Crippen molar-refractivity contribution in [2.45, 2.75) is 11.1 Å². The zero-order valence-corrected chi connectivity index (χ0v) is 11.0. The van der Waals surface area contributed by atoms with Crippen LogP contribution in [-0.2, 0) is 14.8 Å². The van der Waals surface area contributed by atoms with Crippen LogP contribution in [0.15, 0.2) is 23.1 Å². The highest BCUT2D eigenvalue weighted by Crippen LogP contribution is 2.24. The summed E-state index contributed by atoms with van der Waals surface area (Å²) in [6, 6.07) is 2.37. The molecular weight excluding hydrogens is 293 g/mol. The second kappa shape index (κ2) is 5.40. The SMILES string of the molecule is NC1COCCN1S(=O)(=O)c1ccc([N+](=O)[O-])cc1F. The molecule has 1 heterocycles. The van der Waals surface area contributed by atoms with Crippen molar-refractivity contribution >= 4 is 15.7 Å². The molecule has 8 nitrogen and oxygen atoms in total. The number of hydrogen-bond acceptors (Lipinski definition) is 6. The van der Waals surface area contributed by atoms with Crippen molar-refractivity contribution in [2.24, 2.45) is 5.73 Å². The zero-order valence-electron chi connectivity index (χ0n) is 10.2. The lowest BCUT2D eigenvalue weighted by Gasteiger charge is -2.31. The number of nitrogens with zero attached hydrogens (tertiary/aromatic N) is 2. The molecular formula is C10H12FN3O5S. The van der Waals surface area contributed by atoms with E-state index < -0.39 is 37.5 Å². The second-order valence-corrected chi connectivity index (χ2v) is 5.99. The summed E-state index contributed by atoms with van der Waals surface area (Å²) < 4.78 is 44.3. The molecule has 0 spiro atoms. The number of sulfonamides is 1. The molecule has 20 heavy (non-hydrogen) atoms. The largest absolute Gasteiger partial charge is 0.377 e. The molecule has 1 aliphatic rings. The van der Waals surface area contributed by atoms with Crippen LogP contribution >= 0.6 is 0 Å². The van der Waals surface area contributed by atoms with Crippen LogP contribution in [0, 0.1) is 15.9 Å². The van der Waals surface area contributed by atoms with Gasteiger partial charge in [0.1, 0.15) is 10.7 Å². The summed E-state index contributed by atoms with van der Waals surface area (Å²) in [7, 11) is -4.15. The van der Waals surface area contributed by atoms with E-state index in [4.69, 9.17) is 10.5 Å². The fourth-order valence-electron chi connectivity index (χ4n) is 1.84. The van der Waals surface area contributed by atoms with Gasteiger partial charge in [-0.1, -0.05) is 0 Å². The van der Waals surface area contributed by atoms with E-state index in [0.29, 0.717) is 6.07 Å². The summed E-state index contributed by atoms with van der Waals surface area (Å²) in [6.45, 7) is 0.162. The molecule has 1 atom stereocenters. The molecule has 0 aliphatic carbocycles. The Morgan fingerprint density at radius 2 is 2.20 bits per heavy atom. The summed E-state index contributed by atoms with van der Waals surface area (Å²) in [5.41, 5.74) is 5.10. The first kappa shape index (κ1) is 14.8. The normalized spacial score (nSPS) is 20.8.